The Morgan fingerprint density at radius 2 is 1.96 bits per heavy atom. The lowest BCUT2D eigenvalue weighted by atomic mass is 9.86. The molecule has 5 nitrogen and oxygen atoms in total. The van der Waals surface area contributed by atoms with E-state index in [0.29, 0.717) is 30.1 Å². The number of halogens is 1. The van der Waals surface area contributed by atoms with Crippen LogP contribution in [0.3, 0.4) is 0 Å². The lowest BCUT2D eigenvalue weighted by Gasteiger charge is -2.21. The molecular weight excluding hydrogens is 333 g/mol. The molecule has 1 heterocycles. The van der Waals surface area contributed by atoms with Crippen LogP contribution in [0, 0.1) is 11.7 Å². The summed E-state index contributed by atoms with van der Waals surface area (Å²) in [6.07, 6.45) is 9.80. The molecule has 1 aliphatic rings. The van der Waals surface area contributed by atoms with E-state index in [1.165, 1.54) is 50.7 Å². The molecule has 140 valence electrons. The monoisotopic (exact) mass is 359 g/mol. The third-order valence-corrected chi connectivity index (χ3v) is 4.97. The molecule has 2 aromatic rings. The Balaban J connectivity index is 1.34. The first kappa shape index (κ1) is 18.5. The maximum absolute atomic E-state index is 12.9. The summed E-state index contributed by atoms with van der Waals surface area (Å²) >= 11 is 0. The Morgan fingerprint density at radius 1 is 1.19 bits per heavy atom. The number of aromatic nitrogens is 2. The van der Waals surface area contributed by atoms with Gasteiger partial charge in [0.1, 0.15) is 5.82 Å². The van der Waals surface area contributed by atoms with Gasteiger partial charge in [-0.1, -0.05) is 37.3 Å². The molecular formula is C20H26FN3O2. The van der Waals surface area contributed by atoms with Crippen LogP contribution in [0.4, 0.5) is 4.39 Å². The van der Waals surface area contributed by atoms with Crippen molar-refractivity contribution in [3.05, 3.63) is 36.0 Å². The largest absolute Gasteiger partial charge is 0.356 e. The summed E-state index contributed by atoms with van der Waals surface area (Å²) in [4.78, 5) is 16.2. The first-order valence-electron chi connectivity index (χ1n) is 9.56. The second-order valence-corrected chi connectivity index (χ2v) is 7.01. The number of hydrogen-bond donors (Lipinski definition) is 1. The van der Waals surface area contributed by atoms with Gasteiger partial charge in [-0.15, -0.1) is 0 Å². The highest BCUT2D eigenvalue weighted by molar-refractivity contribution is 5.75. The fourth-order valence-corrected chi connectivity index (χ4v) is 3.48. The first-order chi connectivity index (χ1) is 12.7. The van der Waals surface area contributed by atoms with Crippen molar-refractivity contribution in [1.82, 2.24) is 15.5 Å². The second-order valence-electron chi connectivity index (χ2n) is 7.01. The van der Waals surface area contributed by atoms with Crippen molar-refractivity contribution in [3.8, 4) is 11.4 Å². The van der Waals surface area contributed by atoms with E-state index in [1.54, 1.807) is 12.1 Å². The van der Waals surface area contributed by atoms with Crippen LogP contribution in [0.1, 0.15) is 57.3 Å². The fraction of sp³-hybridized carbons (Fsp3) is 0.550. The smallest absolute Gasteiger partial charge is 0.227 e. The van der Waals surface area contributed by atoms with Crippen molar-refractivity contribution in [2.75, 3.05) is 6.54 Å². The zero-order chi connectivity index (χ0) is 18.2. The number of nitrogens with one attached hydrogen (secondary N) is 1. The molecule has 1 N–H and O–H groups in total. The Kier molecular flexibility index (Phi) is 6.75. The van der Waals surface area contributed by atoms with E-state index in [2.05, 4.69) is 15.5 Å². The molecule has 0 bridgehead atoms. The van der Waals surface area contributed by atoms with Crippen LogP contribution in [-0.4, -0.2) is 22.6 Å². The fourth-order valence-electron chi connectivity index (χ4n) is 3.48. The Bertz CT molecular complexity index is 693. The minimum absolute atomic E-state index is 0.00942. The number of nitrogens with zero attached hydrogens (tertiary/aromatic N) is 2. The summed E-state index contributed by atoms with van der Waals surface area (Å²) in [5.74, 6) is 1.38. The van der Waals surface area contributed by atoms with Gasteiger partial charge in [-0.25, -0.2) is 4.39 Å². The van der Waals surface area contributed by atoms with Crippen molar-refractivity contribution in [1.29, 1.82) is 0 Å². The van der Waals surface area contributed by atoms with Crippen molar-refractivity contribution < 1.29 is 13.7 Å². The minimum Gasteiger partial charge on any atom is -0.356 e. The van der Waals surface area contributed by atoms with Crippen LogP contribution in [-0.2, 0) is 11.2 Å². The number of carbonyl (C=O) groups is 1. The number of aryl methyl sites for hydroxylation is 1. The Morgan fingerprint density at radius 3 is 2.73 bits per heavy atom. The molecule has 1 amide bonds. The average Bonchev–Trinajstić information content (AvgIpc) is 3.14. The maximum atomic E-state index is 12.9. The number of hydrogen-bond acceptors (Lipinski definition) is 4. The average molecular weight is 359 g/mol. The van der Waals surface area contributed by atoms with Crippen LogP contribution >= 0.6 is 0 Å². The third kappa shape index (κ3) is 5.64. The second kappa shape index (κ2) is 9.46. The maximum Gasteiger partial charge on any atom is 0.227 e. The predicted octanol–water partition coefficient (Wildman–Crippen LogP) is 4.29. The summed E-state index contributed by atoms with van der Waals surface area (Å²) in [7, 11) is 0. The molecule has 3 rings (SSSR count). The molecule has 0 aliphatic heterocycles. The van der Waals surface area contributed by atoms with Gasteiger partial charge in [-0.3, -0.25) is 4.79 Å². The van der Waals surface area contributed by atoms with Crippen LogP contribution in [0.5, 0.6) is 0 Å². The normalized spacial score (nSPS) is 15.1. The van der Waals surface area contributed by atoms with Crippen molar-refractivity contribution in [3.63, 3.8) is 0 Å². The van der Waals surface area contributed by atoms with E-state index in [4.69, 9.17) is 4.52 Å². The number of rotatable bonds is 8. The van der Waals surface area contributed by atoms with Gasteiger partial charge in [0.05, 0.1) is 0 Å². The number of benzene rings is 1. The van der Waals surface area contributed by atoms with Crippen molar-refractivity contribution in [2.45, 2.75) is 57.8 Å². The van der Waals surface area contributed by atoms with Gasteiger partial charge in [0, 0.05) is 24.9 Å². The summed E-state index contributed by atoms with van der Waals surface area (Å²) in [6, 6.07) is 5.91. The summed E-state index contributed by atoms with van der Waals surface area (Å²) in [6.45, 7) is 0.736. The molecule has 1 aromatic heterocycles. The van der Waals surface area contributed by atoms with Crippen molar-refractivity contribution >= 4 is 5.91 Å². The van der Waals surface area contributed by atoms with Crippen molar-refractivity contribution in [2.24, 2.45) is 5.92 Å². The van der Waals surface area contributed by atoms with Crippen LogP contribution < -0.4 is 5.32 Å². The van der Waals surface area contributed by atoms with E-state index in [9.17, 15) is 9.18 Å². The van der Waals surface area contributed by atoms with E-state index >= 15 is 0 Å². The molecule has 1 aromatic carbocycles. The lowest BCUT2D eigenvalue weighted by Crippen LogP contribution is -2.25. The van der Waals surface area contributed by atoms with Crippen LogP contribution in [0.15, 0.2) is 28.8 Å². The zero-order valence-corrected chi connectivity index (χ0v) is 15.0. The molecule has 6 heteroatoms. The number of amides is 1. The van der Waals surface area contributed by atoms with Crippen LogP contribution in [0.2, 0.25) is 0 Å². The van der Waals surface area contributed by atoms with Gasteiger partial charge in [0.2, 0.25) is 17.6 Å². The highest BCUT2D eigenvalue weighted by Crippen LogP contribution is 2.26. The van der Waals surface area contributed by atoms with E-state index in [-0.39, 0.29) is 11.7 Å². The molecule has 1 fully saturated rings. The third-order valence-electron chi connectivity index (χ3n) is 4.97. The summed E-state index contributed by atoms with van der Waals surface area (Å²) in [5.41, 5.74) is 0.688. The Labute approximate surface area is 153 Å². The molecule has 0 unspecified atom stereocenters. The molecule has 1 aliphatic carbocycles. The number of carbonyl (C=O) groups excluding carboxylic acids is 1. The summed E-state index contributed by atoms with van der Waals surface area (Å²) < 4.78 is 18.1. The zero-order valence-electron chi connectivity index (χ0n) is 15.0. The van der Waals surface area contributed by atoms with Gasteiger partial charge in [0.15, 0.2) is 0 Å². The molecule has 26 heavy (non-hydrogen) atoms. The van der Waals surface area contributed by atoms with Crippen LogP contribution in [0.25, 0.3) is 11.4 Å². The van der Waals surface area contributed by atoms with Gasteiger partial charge in [-0.05, 0) is 43.0 Å². The minimum atomic E-state index is -0.308. The van der Waals surface area contributed by atoms with Gasteiger partial charge in [0.25, 0.3) is 0 Å². The standard InChI is InChI=1S/C20H26FN3O2/c21-17-10-8-16(9-11-17)20-23-19(26-24-20)13-12-18(25)22-14-4-7-15-5-2-1-3-6-15/h8-11,15H,1-7,12-14H2,(H,22,25). The molecule has 0 saturated heterocycles. The quantitative estimate of drug-likeness (QED) is 0.714. The molecule has 0 atom stereocenters. The highest BCUT2D eigenvalue weighted by Gasteiger charge is 2.13. The van der Waals surface area contributed by atoms with E-state index < -0.39 is 0 Å². The first-order valence-corrected chi connectivity index (χ1v) is 9.56. The Hall–Kier alpha value is -2.24. The topological polar surface area (TPSA) is 68.0 Å². The molecule has 1 saturated carbocycles. The van der Waals surface area contributed by atoms with Gasteiger partial charge >= 0.3 is 0 Å². The molecule has 0 radical (unpaired) electrons. The predicted molar refractivity (Wildman–Crippen MR) is 96.8 cm³/mol. The lowest BCUT2D eigenvalue weighted by molar-refractivity contribution is -0.121. The van der Waals surface area contributed by atoms with E-state index in [0.717, 1.165) is 18.9 Å². The van der Waals surface area contributed by atoms with Gasteiger partial charge in [-0.2, -0.15) is 4.98 Å². The molecule has 0 spiro atoms. The highest BCUT2D eigenvalue weighted by atomic mass is 19.1. The SMILES string of the molecule is O=C(CCc1nc(-c2ccc(F)cc2)no1)NCCCC1CCCCC1. The van der Waals surface area contributed by atoms with Gasteiger partial charge < -0.3 is 9.84 Å². The van der Waals surface area contributed by atoms with E-state index in [1.807, 2.05) is 0 Å². The summed E-state index contributed by atoms with van der Waals surface area (Å²) in [5, 5.41) is 6.85.